The van der Waals surface area contributed by atoms with Gasteiger partial charge < -0.3 is 4.74 Å². The van der Waals surface area contributed by atoms with Gasteiger partial charge in [0.2, 0.25) is 0 Å². The molecule has 1 aromatic heterocycles. The van der Waals surface area contributed by atoms with Crippen molar-refractivity contribution in [3.63, 3.8) is 0 Å². The van der Waals surface area contributed by atoms with Gasteiger partial charge in [-0.2, -0.15) is 0 Å². The zero-order valence-electron chi connectivity index (χ0n) is 14.7. The Morgan fingerprint density at radius 1 is 1.30 bits per heavy atom. The zero-order chi connectivity index (χ0) is 18.8. The minimum atomic E-state index is -0.211. The van der Waals surface area contributed by atoms with Gasteiger partial charge in [0.15, 0.2) is 5.13 Å². The third kappa shape index (κ3) is 4.21. The number of carbonyl (C=O) groups excluding carboxylic acids is 1. The summed E-state index contributed by atoms with van der Waals surface area (Å²) in [7, 11) is 0. The molecule has 2 heterocycles. The average molecular weight is 397 g/mol. The van der Waals surface area contributed by atoms with E-state index >= 15 is 0 Å². The van der Waals surface area contributed by atoms with Gasteiger partial charge in [0.1, 0.15) is 12.4 Å². The molecule has 0 bridgehead atoms. The minimum absolute atomic E-state index is 0.211. The Morgan fingerprint density at radius 2 is 2.19 bits per heavy atom. The first-order valence-electron chi connectivity index (χ1n) is 8.51. The fourth-order valence-corrected chi connectivity index (χ4v) is 3.95. The largest absolute Gasteiger partial charge is 0.488 e. The van der Waals surface area contributed by atoms with Gasteiger partial charge in [0.25, 0.3) is 5.91 Å². The molecule has 6 heteroatoms. The van der Waals surface area contributed by atoms with E-state index in [9.17, 15) is 4.79 Å². The Balaban J connectivity index is 1.45. The molecule has 0 saturated heterocycles. The zero-order valence-corrected chi connectivity index (χ0v) is 16.2. The van der Waals surface area contributed by atoms with Crippen LogP contribution in [0.3, 0.4) is 0 Å². The lowest BCUT2D eigenvalue weighted by Crippen LogP contribution is -2.21. The van der Waals surface area contributed by atoms with E-state index in [-0.39, 0.29) is 12.5 Å². The molecule has 1 aliphatic rings. The predicted molar refractivity (Wildman–Crippen MR) is 110 cm³/mol. The van der Waals surface area contributed by atoms with Crippen LogP contribution in [-0.2, 0) is 11.2 Å². The number of aromatic nitrogens is 1. The molecule has 2 aromatic carbocycles. The van der Waals surface area contributed by atoms with Gasteiger partial charge in [0.05, 0.1) is 5.57 Å². The highest BCUT2D eigenvalue weighted by molar-refractivity contribution is 7.15. The summed E-state index contributed by atoms with van der Waals surface area (Å²) in [6, 6.07) is 13.7. The maximum Gasteiger partial charge on any atom is 0.256 e. The van der Waals surface area contributed by atoms with Gasteiger partial charge in [0, 0.05) is 28.1 Å². The second-order valence-electron chi connectivity index (χ2n) is 6.39. The normalized spacial score (nSPS) is 12.7. The smallest absolute Gasteiger partial charge is 0.256 e. The summed E-state index contributed by atoms with van der Waals surface area (Å²) in [5.41, 5.74) is 3.81. The number of amides is 1. The number of halogens is 1. The Morgan fingerprint density at radius 3 is 3.04 bits per heavy atom. The van der Waals surface area contributed by atoms with Gasteiger partial charge in [-0.15, -0.1) is 11.3 Å². The van der Waals surface area contributed by atoms with Crippen LogP contribution in [-0.4, -0.2) is 17.5 Å². The lowest BCUT2D eigenvalue weighted by atomic mass is 10.1. The lowest BCUT2D eigenvalue weighted by molar-refractivity contribution is -0.113. The Kier molecular flexibility index (Phi) is 4.97. The molecule has 136 valence electrons. The lowest BCUT2D eigenvalue weighted by Gasteiger charge is -2.17. The first-order chi connectivity index (χ1) is 13.1. The van der Waals surface area contributed by atoms with E-state index in [0.29, 0.717) is 15.7 Å². The number of fused-ring (bicyclic) bond motifs is 1. The third-order valence-corrected chi connectivity index (χ3v) is 5.36. The molecule has 1 amide bonds. The van der Waals surface area contributed by atoms with Crippen LogP contribution < -0.4 is 10.1 Å². The highest BCUT2D eigenvalue weighted by Crippen LogP contribution is 2.29. The number of nitrogens with one attached hydrogen (secondary N) is 1. The molecule has 0 spiro atoms. The molecular weight excluding hydrogens is 380 g/mol. The third-order valence-electron chi connectivity index (χ3n) is 4.21. The van der Waals surface area contributed by atoms with Crippen LogP contribution in [0.5, 0.6) is 5.75 Å². The van der Waals surface area contributed by atoms with Crippen molar-refractivity contribution < 1.29 is 9.53 Å². The van der Waals surface area contributed by atoms with Crippen LogP contribution in [0.2, 0.25) is 5.02 Å². The first-order valence-corrected chi connectivity index (χ1v) is 9.71. The molecule has 1 N–H and O–H groups in total. The van der Waals surface area contributed by atoms with Gasteiger partial charge in [-0.05, 0) is 36.8 Å². The molecule has 4 nitrogen and oxygen atoms in total. The standard InChI is InChI=1S/C21H17ClN2O2S/c1-13-3-2-4-14(7-13)8-18-11-23-21(27-18)24-20(25)16-9-15-10-17(22)5-6-19(15)26-12-16/h2-7,9-11H,8,12H2,1H3,(H,23,24,25). The summed E-state index contributed by atoms with van der Waals surface area (Å²) in [4.78, 5) is 18.0. The summed E-state index contributed by atoms with van der Waals surface area (Å²) in [6.45, 7) is 2.30. The summed E-state index contributed by atoms with van der Waals surface area (Å²) in [5.74, 6) is 0.516. The molecule has 3 aromatic rings. The predicted octanol–water partition coefficient (Wildman–Crippen LogP) is 5.11. The van der Waals surface area contributed by atoms with E-state index in [0.717, 1.165) is 22.6 Å². The monoisotopic (exact) mass is 396 g/mol. The van der Waals surface area contributed by atoms with Crippen molar-refractivity contribution in [1.82, 2.24) is 4.98 Å². The van der Waals surface area contributed by atoms with E-state index in [2.05, 4.69) is 35.4 Å². The SMILES string of the molecule is Cc1cccc(Cc2cnc(NC(=O)C3=Cc4cc(Cl)ccc4OC3)s2)c1. The second-order valence-corrected chi connectivity index (χ2v) is 7.94. The van der Waals surface area contributed by atoms with Crippen molar-refractivity contribution in [2.45, 2.75) is 13.3 Å². The highest BCUT2D eigenvalue weighted by atomic mass is 35.5. The molecule has 0 atom stereocenters. The van der Waals surface area contributed by atoms with Gasteiger partial charge >= 0.3 is 0 Å². The fraction of sp³-hybridized carbons (Fsp3) is 0.143. The van der Waals surface area contributed by atoms with Crippen LogP contribution in [0.15, 0.2) is 54.2 Å². The number of anilines is 1. The molecule has 0 saturated carbocycles. The van der Waals surface area contributed by atoms with E-state index < -0.39 is 0 Å². The van der Waals surface area contributed by atoms with Crippen molar-refractivity contribution in [3.8, 4) is 5.75 Å². The highest BCUT2D eigenvalue weighted by Gasteiger charge is 2.18. The molecule has 0 unspecified atom stereocenters. The number of hydrogen-bond donors (Lipinski definition) is 1. The topological polar surface area (TPSA) is 51.2 Å². The average Bonchev–Trinajstić information content (AvgIpc) is 3.07. The molecule has 0 radical (unpaired) electrons. The first kappa shape index (κ1) is 17.8. The fourth-order valence-electron chi connectivity index (χ4n) is 2.93. The maximum atomic E-state index is 12.5. The molecule has 0 aliphatic carbocycles. The van der Waals surface area contributed by atoms with Crippen LogP contribution in [0.4, 0.5) is 5.13 Å². The van der Waals surface area contributed by atoms with Crippen LogP contribution in [0.25, 0.3) is 6.08 Å². The number of carbonyl (C=O) groups is 1. The Labute approximate surface area is 166 Å². The van der Waals surface area contributed by atoms with Crippen LogP contribution >= 0.6 is 22.9 Å². The van der Waals surface area contributed by atoms with E-state index in [1.165, 1.54) is 22.5 Å². The van der Waals surface area contributed by atoms with Crippen molar-refractivity contribution in [3.05, 3.63) is 80.8 Å². The van der Waals surface area contributed by atoms with Gasteiger partial charge in [-0.1, -0.05) is 41.4 Å². The van der Waals surface area contributed by atoms with Crippen LogP contribution in [0.1, 0.15) is 21.6 Å². The van der Waals surface area contributed by atoms with E-state index in [1.807, 2.05) is 12.3 Å². The van der Waals surface area contributed by atoms with Crippen molar-refractivity contribution in [2.24, 2.45) is 0 Å². The summed E-state index contributed by atoms with van der Waals surface area (Å²) >= 11 is 7.50. The van der Waals surface area contributed by atoms with Crippen molar-refractivity contribution in [1.29, 1.82) is 0 Å². The van der Waals surface area contributed by atoms with Crippen molar-refractivity contribution in [2.75, 3.05) is 11.9 Å². The molecule has 27 heavy (non-hydrogen) atoms. The maximum absolute atomic E-state index is 12.5. The number of thiazole rings is 1. The summed E-state index contributed by atoms with van der Waals surface area (Å²) in [6.07, 6.45) is 4.41. The summed E-state index contributed by atoms with van der Waals surface area (Å²) < 4.78 is 5.64. The quantitative estimate of drug-likeness (QED) is 0.666. The second kappa shape index (κ2) is 7.55. The number of benzene rings is 2. The number of aryl methyl sites for hydroxylation is 1. The summed E-state index contributed by atoms with van der Waals surface area (Å²) in [5, 5.41) is 4.05. The molecule has 0 fully saturated rings. The van der Waals surface area contributed by atoms with Crippen molar-refractivity contribution >= 4 is 40.1 Å². The number of hydrogen-bond acceptors (Lipinski definition) is 4. The Bertz CT molecular complexity index is 1040. The Hall–Kier alpha value is -2.63. The minimum Gasteiger partial charge on any atom is -0.488 e. The number of ether oxygens (including phenoxy) is 1. The van der Waals surface area contributed by atoms with E-state index in [1.54, 1.807) is 24.3 Å². The number of nitrogens with zero attached hydrogens (tertiary/aromatic N) is 1. The molecule has 4 rings (SSSR count). The molecular formula is C21H17ClN2O2S. The van der Waals surface area contributed by atoms with Gasteiger partial charge in [-0.3, -0.25) is 10.1 Å². The van der Waals surface area contributed by atoms with E-state index in [4.69, 9.17) is 16.3 Å². The van der Waals surface area contributed by atoms with Gasteiger partial charge in [-0.25, -0.2) is 4.98 Å². The van der Waals surface area contributed by atoms with Crippen LogP contribution in [0, 0.1) is 6.92 Å². The molecule has 1 aliphatic heterocycles. The number of rotatable bonds is 4.